The second kappa shape index (κ2) is 13.1. The van der Waals surface area contributed by atoms with Gasteiger partial charge in [0.05, 0.1) is 24.8 Å². The van der Waals surface area contributed by atoms with Crippen LogP contribution >= 0.6 is 0 Å². The number of ether oxygens (including phenoxy) is 2. The maximum absolute atomic E-state index is 9.09. The van der Waals surface area contributed by atoms with Gasteiger partial charge in [-0.3, -0.25) is 0 Å². The maximum atomic E-state index is 9.09. The van der Waals surface area contributed by atoms with E-state index in [2.05, 4.69) is 0 Å². The molecule has 0 atom stereocenters. The summed E-state index contributed by atoms with van der Waals surface area (Å²) in [5, 5.41) is 26.8. The van der Waals surface area contributed by atoms with Gasteiger partial charge in [0.1, 0.15) is 12.1 Å². The van der Waals surface area contributed by atoms with Crippen LogP contribution in [0.15, 0.2) is 12.1 Å². The van der Waals surface area contributed by atoms with E-state index in [1.54, 1.807) is 12.1 Å². The Morgan fingerprint density at radius 1 is 0.800 bits per heavy atom. The Morgan fingerprint density at radius 3 is 1.76 bits per heavy atom. The Labute approximate surface area is 150 Å². The van der Waals surface area contributed by atoms with E-state index in [9.17, 15) is 0 Å². The number of nitriles is 2. The molecule has 1 aromatic rings. The molecule has 0 unspecified atom stereocenters. The zero-order chi connectivity index (χ0) is 18.3. The third-order valence-corrected chi connectivity index (χ3v) is 4.10. The molecular formula is C20H28N2O3. The highest BCUT2D eigenvalue weighted by atomic mass is 16.5. The van der Waals surface area contributed by atoms with E-state index in [0.29, 0.717) is 35.8 Å². The minimum absolute atomic E-state index is 0.297. The molecule has 0 aliphatic rings. The highest BCUT2D eigenvalue weighted by Crippen LogP contribution is 2.30. The number of aliphatic hydroxyl groups is 1. The molecule has 0 radical (unpaired) electrons. The molecule has 0 aliphatic carbocycles. The Morgan fingerprint density at radius 2 is 1.28 bits per heavy atom. The Bertz CT molecular complexity index is 588. The van der Waals surface area contributed by atoms with Crippen LogP contribution in [0.4, 0.5) is 0 Å². The van der Waals surface area contributed by atoms with Crippen molar-refractivity contribution in [3.8, 4) is 23.6 Å². The first kappa shape index (κ1) is 20.8. The third kappa shape index (κ3) is 7.92. The second-order valence-corrected chi connectivity index (χ2v) is 6.03. The fourth-order valence-corrected chi connectivity index (χ4v) is 2.65. The van der Waals surface area contributed by atoms with E-state index in [4.69, 9.17) is 25.1 Å². The lowest BCUT2D eigenvalue weighted by molar-refractivity contribution is 0.281. The van der Waals surface area contributed by atoms with Crippen LogP contribution in [-0.2, 0) is 0 Å². The molecule has 0 saturated carbocycles. The monoisotopic (exact) mass is 344 g/mol. The van der Waals surface area contributed by atoms with E-state index in [1.807, 2.05) is 12.1 Å². The average molecular weight is 344 g/mol. The minimum atomic E-state index is 0.297. The molecular weight excluding hydrogens is 316 g/mol. The summed E-state index contributed by atoms with van der Waals surface area (Å²) in [6, 6.07) is 7.12. The molecule has 25 heavy (non-hydrogen) atoms. The summed E-state index contributed by atoms with van der Waals surface area (Å²) in [4.78, 5) is 0. The summed E-state index contributed by atoms with van der Waals surface area (Å²) in [7, 11) is 1.52. The zero-order valence-corrected chi connectivity index (χ0v) is 15.1. The number of rotatable bonds is 13. The van der Waals surface area contributed by atoms with Crippen molar-refractivity contribution in [3.63, 3.8) is 0 Å². The van der Waals surface area contributed by atoms with E-state index < -0.39 is 0 Å². The molecule has 0 bridgehead atoms. The smallest absolute Gasteiger partial charge is 0.162 e. The largest absolute Gasteiger partial charge is 0.493 e. The average Bonchev–Trinajstić information content (AvgIpc) is 2.65. The highest BCUT2D eigenvalue weighted by Gasteiger charge is 2.11. The molecule has 1 rings (SSSR count). The van der Waals surface area contributed by atoms with Gasteiger partial charge in [0, 0.05) is 18.7 Å². The lowest BCUT2D eigenvalue weighted by Crippen LogP contribution is -2.01. The van der Waals surface area contributed by atoms with Gasteiger partial charge < -0.3 is 14.6 Å². The zero-order valence-electron chi connectivity index (χ0n) is 15.1. The molecule has 5 heteroatoms. The fourth-order valence-electron chi connectivity index (χ4n) is 2.65. The lowest BCUT2D eigenvalue weighted by atomic mass is 10.1. The van der Waals surface area contributed by atoms with Crippen molar-refractivity contribution >= 4 is 0 Å². The molecule has 136 valence electrons. The summed E-state index contributed by atoms with van der Waals surface area (Å²) in [5.41, 5.74) is 0.602. The van der Waals surface area contributed by atoms with Crippen LogP contribution in [-0.4, -0.2) is 25.4 Å². The minimum Gasteiger partial charge on any atom is -0.493 e. The summed E-state index contributed by atoms with van der Waals surface area (Å²) in [6.07, 6.45) is 10.2. The molecule has 1 aromatic carbocycles. The van der Waals surface area contributed by atoms with Gasteiger partial charge in [0.2, 0.25) is 0 Å². The number of methoxy groups -OCH3 is 1. The standard InChI is InChI=1S/C20H28N2O3/c1-24-19-13-17(15-21)18(16-22)14-20(19)25-12-10-8-6-4-2-3-5-7-9-11-23/h13-14,23H,2-12H2,1H3. The van der Waals surface area contributed by atoms with Gasteiger partial charge in [-0.15, -0.1) is 0 Å². The van der Waals surface area contributed by atoms with Gasteiger partial charge >= 0.3 is 0 Å². The lowest BCUT2D eigenvalue weighted by Gasteiger charge is -2.11. The highest BCUT2D eigenvalue weighted by molar-refractivity contribution is 5.55. The van der Waals surface area contributed by atoms with Crippen molar-refractivity contribution in [1.82, 2.24) is 0 Å². The van der Waals surface area contributed by atoms with Gasteiger partial charge in [-0.1, -0.05) is 44.9 Å². The second-order valence-electron chi connectivity index (χ2n) is 6.03. The number of hydrogen-bond acceptors (Lipinski definition) is 5. The SMILES string of the molecule is COc1cc(C#N)c(C#N)cc1OCCCCCCCCCCCO. The first-order valence-electron chi connectivity index (χ1n) is 9.02. The van der Waals surface area contributed by atoms with Crippen molar-refractivity contribution in [1.29, 1.82) is 10.5 Å². The normalized spacial score (nSPS) is 10.1. The quantitative estimate of drug-likeness (QED) is 0.538. The summed E-state index contributed by atoms with van der Waals surface area (Å²) >= 11 is 0. The number of nitrogens with zero attached hydrogens (tertiary/aromatic N) is 2. The molecule has 0 heterocycles. The number of aliphatic hydroxyl groups excluding tert-OH is 1. The molecule has 0 aromatic heterocycles. The molecule has 0 saturated heterocycles. The van der Waals surface area contributed by atoms with E-state index in [-0.39, 0.29) is 0 Å². The predicted octanol–water partition coefficient (Wildman–Crippen LogP) is 4.32. The molecule has 0 fully saturated rings. The van der Waals surface area contributed by atoms with Gasteiger partial charge in [0.25, 0.3) is 0 Å². The molecule has 5 nitrogen and oxygen atoms in total. The molecule has 1 N–H and O–H groups in total. The van der Waals surface area contributed by atoms with Crippen molar-refractivity contribution in [3.05, 3.63) is 23.3 Å². The summed E-state index contributed by atoms with van der Waals surface area (Å²) in [5.74, 6) is 1.00. The van der Waals surface area contributed by atoms with Crippen LogP contribution in [0.2, 0.25) is 0 Å². The fraction of sp³-hybridized carbons (Fsp3) is 0.600. The van der Waals surface area contributed by atoms with Crippen LogP contribution in [0, 0.1) is 22.7 Å². The Balaban J connectivity index is 2.24. The topological polar surface area (TPSA) is 86.3 Å². The summed E-state index contributed by atoms with van der Waals surface area (Å²) < 4.78 is 11.0. The molecule has 0 spiro atoms. The number of benzene rings is 1. The van der Waals surface area contributed by atoms with Gasteiger partial charge in [-0.25, -0.2) is 0 Å². The van der Waals surface area contributed by atoms with Crippen LogP contribution in [0.1, 0.15) is 68.9 Å². The molecule has 0 amide bonds. The number of hydrogen-bond donors (Lipinski definition) is 1. The van der Waals surface area contributed by atoms with Gasteiger partial charge in [-0.05, 0) is 12.8 Å². The molecule has 0 aliphatic heterocycles. The van der Waals surface area contributed by atoms with Gasteiger partial charge in [-0.2, -0.15) is 10.5 Å². The van der Waals surface area contributed by atoms with Gasteiger partial charge in [0.15, 0.2) is 11.5 Å². The van der Waals surface area contributed by atoms with Crippen LogP contribution < -0.4 is 9.47 Å². The summed E-state index contributed by atoms with van der Waals surface area (Å²) in [6.45, 7) is 0.878. The van der Waals surface area contributed by atoms with Crippen molar-refractivity contribution in [2.24, 2.45) is 0 Å². The third-order valence-electron chi connectivity index (χ3n) is 4.10. The Kier molecular flexibility index (Phi) is 10.9. The Hall–Kier alpha value is -2.24. The van der Waals surface area contributed by atoms with Crippen molar-refractivity contribution < 1.29 is 14.6 Å². The predicted molar refractivity (Wildman–Crippen MR) is 96.6 cm³/mol. The first-order valence-corrected chi connectivity index (χ1v) is 9.02. The number of unbranched alkanes of at least 4 members (excludes halogenated alkanes) is 8. The van der Waals surface area contributed by atoms with Crippen molar-refractivity contribution in [2.45, 2.75) is 57.8 Å². The van der Waals surface area contributed by atoms with E-state index in [1.165, 1.54) is 39.2 Å². The van der Waals surface area contributed by atoms with Crippen LogP contribution in [0.5, 0.6) is 11.5 Å². The van der Waals surface area contributed by atoms with Crippen LogP contribution in [0.3, 0.4) is 0 Å². The first-order chi connectivity index (χ1) is 12.3. The van der Waals surface area contributed by atoms with Crippen LogP contribution in [0.25, 0.3) is 0 Å². The van der Waals surface area contributed by atoms with Crippen molar-refractivity contribution in [2.75, 3.05) is 20.3 Å². The van der Waals surface area contributed by atoms with E-state index >= 15 is 0 Å². The maximum Gasteiger partial charge on any atom is 0.162 e. The van der Waals surface area contributed by atoms with E-state index in [0.717, 1.165) is 25.7 Å².